The highest BCUT2D eigenvalue weighted by atomic mass is 16.5. The first-order valence-corrected chi connectivity index (χ1v) is 3.86. The molecule has 1 heterocycles. The number of nitrogens with one attached hydrogen (secondary N) is 1. The monoisotopic (exact) mass is 184 g/mol. The molecule has 3 N–H and O–H groups in total. The van der Waals surface area contributed by atoms with Crippen LogP contribution in [0.4, 0.5) is 5.82 Å². The summed E-state index contributed by atoms with van der Waals surface area (Å²) >= 11 is 0. The zero-order valence-electron chi connectivity index (χ0n) is 7.57. The van der Waals surface area contributed by atoms with Gasteiger partial charge in [-0.25, -0.2) is 10.6 Å². The van der Waals surface area contributed by atoms with Crippen molar-refractivity contribution in [2.24, 2.45) is 12.9 Å². The number of hydrogen-bond acceptors (Lipinski definition) is 5. The molecule has 0 unspecified atom stereocenters. The van der Waals surface area contributed by atoms with E-state index >= 15 is 0 Å². The quantitative estimate of drug-likeness (QED) is 0.389. The average Bonchev–Trinajstić information content (AvgIpc) is 2.47. The molecule has 0 aliphatic rings. The van der Waals surface area contributed by atoms with Crippen molar-refractivity contribution in [3.63, 3.8) is 0 Å². The Morgan fingerprint density at radius 2 is 2.54 bits per heavy atom. The Bertz CT molecular complexity index is 307. The third kappa shape index (κ3) is 1.78. The van der Waals surface area contributed by atoms with Crippen LogP contribution in [0.3, 0.4) is 0 Å². The van der Waals surface area contributed by atoms with Crippen molar-refractivity contribution in [3.05, 3.63) is 11.8 Å². The molecule has 1 aromatic heterocycles. The van der Waals surface area contributed by atoms with Gasteiger partial charge in [0.25, 0.3) is 0 Å². The van der Waals surface area contributed by atoms with Crippen molar-refractivity contribution in [3.8, 4) is 0 Å². The molecule has 1 rings (SSSR count). The third-order valence-electron chi connectivity index (χ3n) is 1.57. The fourth-order valence-corrected chi connectivity index (χ4v) is 0.967. The maximum atomic E-state index is 11.3. The second kappa shape index (κ2) is 3.90. The van der Waals surface area contributed by atoms with Crippen LogP contribution >= 0.6 is 0 Å². The second-order valence-electron chi connectivity index (χ2n) is 2.40. The van der Waals surface area contributed by atoms with E-state index in [2.05, 4.69) is 10.5 Å². The smallest absolute Gasteiger partial charge is 0.343 e. The fraction of sp³-hybridized carbons (Fsp3) is 0.429. The van der Waals surface area contributed by atoms with E-state index in [0.717, 1.165) is 0 Å². The van der Waals surface area contributed by atoms with Gasteiger partial charge in [0.15, 0.2) is 5.82 Å². The van der Waals surface area contributed by atoms with E-state index in [1.807, 2.05) is 0 Å². The first kappa shape index (κ1) is 9.53. The Kier molecular flexibility index (Phi) is 2.86. The lowest BCUT2D eigenvalue weighted by molar-refractivity contribution is 0.0527. The van der Waals surface area contributed by atoms with Crippen LogP contribution < -0.4 is 11.3 Å². The summed E-state index contributed by atoms with van der Waals surface area (Å²) in [4.78, 5) is 11.3. The summed E-state index contributed by atoms with van der Waals surface area (Å²) in [7, 11) is 1.68. The van der Waals surface area contributed by atoms with E-state index in [4.69, 9.17) is 10.6 Å². The van der Waals surface area contributed by atoms with Crippen molar-refractivity contribution in [2.45, 2.75) is 6.92 Å². The molecule has 0 aliphatic carbocycles. The number of hydrazine groups is 1. The molecule has 72 valence electrons. The lowest BCUT2D eigenvalue weighted by Gasteiger charge is -2.03. The van der Waals surface area contributed by atoms with E-state index in [1.54, 1.807) is 14.0 Å². The summed E-state index contributed by atoms with van der Waals surface area (Å²) < 4.78 is 6.26. The first-order valence-electron chi connectivity index (χ1n) is 3.86. The van der Waals surface area contributed by atoms with E-state index in [1.165, 1.54) is 10.9 Å². The number of rotatable bonds is 3. The summed E-state index contributed by atoms with van der Waals surface area (Å²) in [5, 5.41) is 3.86. The number of nitrogen functional groups attached to an aromatic ring is 1. The number of carbonyl (C=O) groups excluding carboxylic acids is 1. The zero-order chi connectivity index (χ0) is 9.84. The van der Waals surface area contributed by atoms with Crippen molar-refractivity contribution in [2.75, 3.05) is 12.0 Å². The molecule has 0 spiro atoms. The Morgan fingerprint density at radius 3 is 3.08 bits per heavy atom. The Morgan fingerprint density at radius 1 is 1.85 bits per heavy atom. The molecule has 0 atom stereocenters. The maximum Gasteiger partial charge on any atom is 0.343 e. The van der Waals surface area contributed by atoms with Gasteiger partial charge in [0.05, 0.1) is 12.8 Å². The minimum Gasteiger partial charge on any atom is -0.462 e. The largest absolute Gasteiger partial charge is 0.462 e. The number of hydrogen-bond donors (Lipinski definition) is 2. The molecule has 0 fully saturated rings. The lowest BCUT2D eigenvalue weighted by atomic mass is 10.3. The molecule has 0 aliphatic heterocycles. The molecule has 6 nitrogen and oxygen atoms in total. The van der Waals surface area contributed by atoms with Gasteiger partial charge in [-0.05, 0) is 6.92 Å². The standard InChI is InChI=1S/C7H12N4O2/c1-3-13-7(12)5-4-9-11(2)6(5)10-8/h4,10H,3,8H2,1-2H3. The molecular weight excluding hydrogens is 172 g/mol. The van der Waals surface area contributed by atoms with Gasteiger partial charge >= 0.3 is 5.97 Å². The SMILES string of the molecule is CCOC(=O)c1cnn(C)c1NN. The number of ether oxygens (including phenoxy) is 1. The molecule has 0 bridgehead atoms. The van der Waals surface area contributed by atoms with Gasteiger partial charge in [-0.2, -0.15) is 5.10 Å². The summed E-state index contributed by atoms with van der Waals surface area (Å²) in [6.07, 6.45) is 1.41. The predicted molar refractivity (Wildman–Crippen MR) is 47.0 cm³/mol. The first-order chi connectivity index (χ1) is 6.20. The van der Waals surface area contributed by atoms with Gasteiger partial charge in [0.2, 0.25) is 0 Å². The van der Waals surface area contributed by atoms with Crippen LogP contribution in [0.25, 0.3) is 0 Å². The van der Waals surface area contributed by atoms with Crippen molar-refractivity contribution >= 4 is 11.8 Å². The van der Waals surface area contributed by atoms with Gasteiger partial charge in [0.1, 0.15) is 5.56 Å². The number of nitrogens with two attached hydrogens (primary N) is 1. The molecule has 0 aromatic carbocycles. The molecule has 0 saturated heterocycles. The second-order valence-corrected chi connectivity index (χ2v) is 2.40. The van der Waals surface area contributed by atoms with Crippen molar-refractivity contribution in [1.82, 2.24) is 9.78 Å². The van der Waals surface area contributed by atoms with Crippen LogP contribution in [-0.4, -0.2) is 22.4 Å². The maximum absolute atomic E-state index is 11.3. The van der Waals surface area contributed by atoms with E-state index in [9.17, 15) is 4.79 Å². The molecule has 1 aromatic rings. The summed E-state index contributed by atoms with van der Waals surface area (Å²) in [6, 6.07) is 0. The number of nitrogens with zero attached hydrogens (tertiary/aromatic N) is 2. The van der Waals surface area contributed by atoms with E-state index in [-0.39, 0.29) is 0 Å². The fourth-order valence-electron chi connectivity index (χ4n) is 0.967. The van der Waals surface area contributed by atoms with Crippen LogP contribution in [0.1, 0.15) is 17.3 Å². The summed E-state index contributed by atoms with van der Waals surface area (Å²) in [6.45, 7) is 2.07. The lowest BCUT2D eigenvalue weighted by Crippen LogP contribution is -2.15. The number of aryl methyl sites for hydroxylation is 1. The zero-order valence-corrected chi connectivity index (χ0v) is 7.57. The molecular formula is C7H12N4O2. The summed E-state index contributed by atoms with van der Waals surface area (Å²) in [5.74, 6) is 5.23. The molecule has 0 amide bonds. The van der Waals surface area contributed by atoms with Crippen molar-refractivity contribution < 1.29 is 9.53 Å². The highest BCUT2D eigenvalue weighted by molar-refractivity contribution is 5.94. The Balaban J connectivity index is 2.93. The Hall–Kier alpha value is -1.56. The number of carbonyl (C=O) groups is 1. The highest BCUT2D eigenvalue weighted by Gasteiger charge is 2.15. The van der Waals surface area contributed by atoms with Gasteiger partial charge in [-0.3, -0.25) is 4.68 Å². The molecule has 0 saturated carbocycles. The molecule has 6 heteroatoms. The predicted octanol–water partition coefficient (Wildman–Crippen LogP) is -0.118. The van der Waals surface area contributed by atoms with E-state index < -0.39 is 5.97 Å². The topological polar surface area (TPSA) is 82.2 Å². The van der Waals surface area contributed by atoms with Gasteiger partial charge < -0.3 is 10.2 Å². The Labute approximate surface area is 75.6 Å². The van der Waals surface area contributed by atoms with Crippen LogP contribution in [-0.2, 0) is 11.8 Å². The van der Waals surface area contributed by atoms with Gasteiger partial charge in [0, 0.05) is 7.05 Å². The highest BCUT2D eigenvalue weighted by Crippen LogP contribution is 2.13. The van der Waals surface area contributed by atoms with Gasteiger partial charge in [-0.1, -0.05) is 0 Å². The normalized spacial score (nSPS) is 9.77. The minimum atomic E-state index is -0.427. The molecule has 0 radical (unpaired) electrons. The number of aromatic nitrogens is 2. The minimum absolute atomic E-state index is 0.331. The van der Waals surface area contributed by atoms with Gasteiger partial charge in [-0.15, -0.1) is 0 Å². The van der Waals surface area contributed by atoms with E-state index in [0.29, 0.717) is 18.0 Å². The van der Waals surface area contributed by atoms with Crippen LogP contribution in [0, 0.1) is 0 Å². The van der Waals surface area contributed by atoms with Crippen LogP contribution in [0.5, 0.6) is 0 Å². The summed E-state index contributed by atoms with van der Waals surface area (Å²) in [5.41, 5.74) is 2.72. The van der Waals surface area contributed by atoms with Crippen molar-refractivity contribution in [1.29, 1.82) is 0 Å². The van der Waals surface area contributed by atoms with Crippen LogP contribution in [0.2, 0.25) is 0 Å². The average molecular weight is 184 g/mol. The van der Waals surface area contributed by atoms with Crippen LogP contribution in [0.15, 0.2) is 6.20 Å². The molecule has 13 heavy (non-hydrogen) atoms. The third-order valence-corrected chi connectivity index (χ3v) is 1.57. The number of esters is 1. The number of anilines is 1.